The number of benzene rings is 1. The van der Waals surface area contributed by atoms with Crippen molar-refractivity contribution in [2.24, 2.45) is 0 Å². The highest BCUT2D eigenvalue weighted by atomic mass is 79.9. The van der Waals surface area contributed by atoms with E-state index in [9.17, 15) is 0 Å². The Morgan fingerprint density at radius 3 is 2.86 bits per heavy atom. The molecule has 5 heteroatoms. The lowest BCUT2D eigenvalue weighted by Gasteiger charge is -2.36. The van der Waals surface area contributed by atoms with Gasteiger partial charge in [0.15, 0.2) is 0 Å². The van der Waals surface area contributed by atoms with Crippen LogP contribution in [0.3, 0.4) is 0 Å². The number of likely N-dealkylation sites (tertiary alicyclic amines) is 1. The van der Waals surface area contributed by atoms with Gasteiger partial charge in [0.25, 0.3) is 0 Å². The van der Waals surface area contributed by atoms with Crippen LogP contribution < -0.4 is 0 Å². The van der Waals surface area contributed by atoms with Crippen LogP contribution in [0, 0.1) is 0 Å². The summed E-state index contributed by atoms with van der Waals surface area (Å²) in [5.74, 6) is 0.992. The van der Waals surface area contributed by atoms with Crippen molar-refractivity contribution < 1.29 is 0 Å². The van der Waals surface area contributed by atoms with Crippen molar-refractivity contribution in [3.05, 3.63) is 28.5 Å². The Hall–Kier alpha value is -0.580. The fourth-order valence-electron chi connectivity index (χ4n) is 3.25. The number of imidazole rings is 1. The lowest BCUT2D eigenvalue weighted by molar-refractivity contribution is 0.157. The van der Waals surface area contributed by atoms with Crippen LogP contribution in [-0.2, 0) is 0 Å². The first-order chi connectivity index (χ1) is 9.97. The predicted molar refractivity (Wildman–Crippen MR) is 92.1 cm³/mol. The first kappa shape index (κ1) is 15.3. The molecule has 0 spiro atoms. The second-order valence-electron chi connectivity index (χ2n) is 6.10. The topological polar surface area (TPSA) is 21.1 Å². The van der Waals surface area contributed by atoms with E-state index >= 15 is 0 Å². The molecule has 3 atom stereocenters. The van der Waals surface area contributed by atoms with Crippen LogP contribution >= 0.6 is 27.5 Å². The Morgan fingerprint density at radius 2 is 2.19 bits per heavy atom. The molecule has 1 aromatic heterocycles. The Labute approximate surface area is 139 Å². The molecule has 0 aliphatic carbocycles. The third kappa shape index (κ3) is 2.86. The molecule has 0 bridgehead atoms. The number of rotatable bonds is 2. The van der Waals surface area contributed by atoms with Gasteiger partial charge in [-0.25, -0.2) is 4.98 Å². The van der Waals surface area contributed by atoms with E-state index in [-0.39, 0.29) is 5.38 Å². The minimum Gasteiger partial charge on any atom is -0.323 e. The van der Waals surface area contributed by atoms with Crippen molar-refractivity contribution in [2.45, 2.75) is 44.1 Å². The average molecular weight is 371 g/mol. The van der Waals surface area contributed by atoms with Gasteiger partial charge in [-0.2, -0.15) is 0 Å². The van der Waals surface area contributed by atoms with Gasteiger partial charge in [0, 0.05) is 23.1 Å². The fraction of sp³-hybridized carbons (Fsp3) is 0.562. The van der Waals surface area contributed by atoms with Crippen LogP contribution in [0.1, 0.15) is 43.9 Å². The normalized spacial score (nSPS) is 25.4. The van der Waals surface area contributed by atoms with Gasteiger partial charge in [-0.05, 0) is 51.9 Å². The number of hydrogen-bond donors (Lipinski definition) is 0. The summed E-state index contributed by atoms with van der Waals surface area (Å²) in [5.41, 5.74) is 2.22. The summed E-state index contributed by atoms with van der Waals surface area (Å²) in [6.45, 7) is 5.42. The molecule has 21 heavy (non-hydrogen) atoms. The van der Waals surface area contributed by atoms with E-state index < -0.39 is 0 Å². The van der Waals surface area contributed by atoms with Crippen LogP contribution in [-0.4, -0.2) is 34.1 Å². The molecule has 1 aromatic carbocycles. The molecule has 0 N–H and O–H groups in total. The zero-order valence-corrected chi connectivity index (χ0v) is 15.0. The Bertz CT molecular complexity index is 652. The molecule has 1 fully saturated rings. The summed E-state index contributed by atoms with van der Waals surface area (Å²) in [4.78, 5) is 7.20. The SMILES string of the molecule is CC(Cl)c1nc2ccc(Br)cc2n1C1CCN(C)C(C)C1. The van der Waals surface area contributed by atoms with E-state index in [0.29, 0.717) is 12.1 Å². The smallest absolute Gasteiger partial charge is 0.127 e. The fourth-order valence-corrected chi connectivity index (χ4v) is 3.75. The second-order valence-corrected chi connectivity index (χ2v) is 7.67. The van der Waals surface area contributed by atoms with Gasteiger partial charge in [0.1, 0.15) is 5.82 Å². The van der Waals surface area contributed by atoms with Crippen molar-refractivity contribution in [3.63, 3.8) is 0 Å². The van der Waals surface area contributed by atoms with E-state index in [4.69, 9.17) is 16.6 Å². The van der Waals surface area contributed by atoms with Crippen LogP contribution in [0.25, 0.3) is 11.0 Å². The minimum absolute atomic E-state index is 0.0777. The molecule has 0 amide bonds. The summed E-state index contributed by atoms with van der Waals surface area (Å²) in [5, 5.41) is -0.0777. The lowest BCUT2D eigenvalue weighted by Crippen LogP contribution is -2.38. The van der Waals surface area contributed by atoms with E-state index in [0.717, 1.165) is 35.2 Å². The highest BCUT2D eigenvalue weighted by Crippen LogP contribution is 2.35. The molecule has 2 heterocycles. The molecule has 1 saturated heterocycles. The van der Waals surface area contributed by atoms with E-state index in [2.05, 4.69) is 51.5 Å². The van der Waals surface area contributed by atoms with E-state index in [1.807, 2.05) is 13.0 Å². The quantitative estimate of drug-likeness (QED) is 0.711. The van der Waals surface area contributed by atoms with Crippen molar-refractivity contribution in [3.8, 4) is 0 Å². The summed E-state index contributed by atoms with van der Waals surface area (Å²) in [7, 11) is 2.20. The van der Waals surface area contributed by atoms with Crippen LogP contribution in [0.15, 0.2) is 22.7 Å². The largest absolute Gasteiger partial charge is 0.323 e. The maximum atomic E-state index is 6.40. The van der Waals surface area contributed by atoms with Gasteiger partial charge >= 0.3 is 0 Å². The standard InChI is InChI=1S/C16H21BrClN3/c1-10-8-13(6-7-20(10)3)21-15-9-12(17)4-5-14(15)19-16(21)11(2)18/h4-5,9-11,13H,6-8H2,1-3H3. The first-order valence-corrected chi connectivity index (χ1v) is 8.72. The molecule has 1 aliphatic rings. The van der Waals surface area contributed by atoms with Gasteiger partial charge in [-0.3, -0.25) is 0 Å². The number of piperidine rings is 1. The van der Waals surface area contributed by atoms with Gasteiger partial charge in [0.2, 0.25) is 0 Å². The molecule has 3 nitrogen and oxygen atoms in total. The maximum absolute atomic E-state index is 6.40. The van der Waals surface area contributed by atoms with Crippen LogP contribution in [0.5, 0.6) is 0 Å². The summed E-state index contributed by atoms with van der Waals surface area (Å²) < 4.78 is 3.47. The number of alkyl halides is 1. The predicted octanol–water partition coefficient (Wildman–Crippen LogP) is 4.75. The Balaban J connectivity index is 2.10. The maximum Gasteiger partial charge on any atom is 0.127 e. The monoisotopic (exact) mass is 369 g/mol. The minimum atomic E-state index is -0.0777. The molecular weight excluding hydrogens is 350 g/mol. The molecule has 1 aliphatic heterocycles. The molecular formula is C16H21BrClN3. The van der Waals surface area contributed by atoms with Crippen molar-refractivity contribution >= 4 is 38.6 Å². The van der Waals surface area contributed by atoms with Crippen LogP contribution in [0.4, 0.5) is 0 Å². The number of fused-ring (bicyclic) bond motifs is 1. The van der Waals surface area contributed by atoms with Crippen molar-refractivity contribution in [1.82, 2.24) is 14.5 Å². The Morgan fingerprint density at radius 1 is 1.43 bits per heavy atom. The van der Waals surface area contributed by atoms with Gasteiger partial charge < -0.3 is 9.47 Å². The average Bonchev–Trinajstić information content (AvgIpc) is 2.80. The Kier molecular flexibility index (Phi) is 4.30. The molecule has 114 valence electrons. The summed E-state index contributed by atoms with van der Waals surface area (Å²) in [6.07, 6.45) is 2.29. The lowest BCUT2D eigenvalue weighted by atomic mass is 9.98. The molecule has 0 radical (unpaired) electrons. The third-order valence-electron chi connectivity index (χ3n) is 4.58. The van der Waals surface area contributed by atoms with Gasteiger partial charge in [-0.15, -0.1) is 11.6 Å². The number of nitrogens with zero attached hydrogens (tertiary/aromatic N) is 3. The number of halogens is 2. The third-order valence-corrected chi connectivity index (χ3v) is 5.27. The van der Waals surface area contributed by atoms with Gasteiger partial charge in [-0.1, -0.05) is 15.9 Å². The highest BCUT2D eigenvalue weighted by Gasteiger charge is 2.28. The second kappa shape index (κ2) is 5.90. The van der Waals surface area contributed by atoms with E-state index in [1.165, 1.54) is 5.52 Å². The first-order valence-electron chi connectivity index (χ1n) is 7.49. The van der Waals surface area contributed by atoms with Crippen LogP contribution in [0.2, 0.25) is 0 Å². The zero-order valence-electron chi connectivity index (χ0n) is 12.7. The van der Waals surface area contributed by atoms with Gasteiger partial charge in [0.05, 0.1) is 16.4 Å². The number of aromatic nitrogens is 2. The molecule has 0 saturated carbocycles. The van der Waals surface area contributed by atoms with Crippen molar-refractivity contribution in [1.29, 1.82) is 0 Å². The molecule has 2 aromatic rings. The highest BCUT2D eigenvalue weighted by molar-refractivity contribution is 9.10. The summed E-state index contributed by atoms with van der Waals surface area (Å²) in [6, 6.07) is 7.34. The molecule has 3 unspecified atom stereocenters. The van der Waals surface area contributed by atoms with Crippen molar-refractivity contribution in [2.75, 3.05) is 13.6 Å². The molecule has 3 rings (SSSR count). The number of hydrogen-bond acceptors (Lipinski definition) is 2. The van der Waals surface area contributed by atoms with E-state index in [1.54, 1.807) is 0 Å². The zero-order chi connectivity index (χ0) is 15.1. The summed E-state index contributed by atoms with van der Waals surface area (Å²) >= 11 is 9.97.